The molecule has 0 radical (unpaired) electrons. The van der Waals surface area contributed by atoms with Crippen LogP contribution in [0.1, 0.15) is 23.0 Å². The summed E-state index contributed by atoms with van der Waals surface area (Å²) >= 11 is 1.39. The lowest BCUT2D eigenvalue weighted by atomic mass is 10.2. The normalized spacial score (nSPS) is 11.9. The highest BCUT2D eigenvalue weighted by molar-refractivity contribution is 7.99. The fourth-order valence-corrected chi connectivity index (χ4v) is 3.17. The van der Waals surface area contributed by atoms with Crippen LogP contribution in [0, 0.1) is 0 Å². The van der Waals surface area contributed by atoms with Crippen LogP contribution in [-0.2, 0) is 11.3 Å². The van der Waals surface area contributed by atoms with Gasteiger partial charge in [-0.05, 0) is 43.3 Å². The number of hydrogen-bond donors (Lipinski definition) is 1. The van der Waals surface area contributed by atoms with Crippen molar-refractivity contribution < 1.29 is 23.8 Å². The second-order valence-electron chi connectivity index (χ2n) is 5.84. The maximum absolute atomic E-state index is 11.6. The van der Waals surface area contributed by atoms with E-state index in [1.165, 1.54) is 11.8 Å². The van der Waals surface area contributed by atoms with Gasteiger partial charge < -0.3 is 23.6 Å². The number of aliphatic hydroxyl groups excluding tert-OH is 1. The molecule has 0 aliphatic rings. The average molecular weight is 403 g/mol. The molecule has 1 N–H and O–H groups in total. The first-order valence-corrected chi connectivity index (χ1v) is 9.75. The molecule has 28 heavy (non-hydrogen) atoms. The van der Waals surface area contributed by atoms with Crippen LogP contribution in [0.5, 0.6) is 5.75 Å². The van der Waals surface area contributed by atoms with Gasteiger partial charge in [0.15, 0.2) is 5.16 Å². The van der Waals surface area contributed by atoms with Crippen LogP contribution >= 0.6 is 11.8 Å². The smallest absolute Gasteiger partial charge is 0.338 e. The molecule has 0 bridgehead atoms. The number of ether oxygens (including phenoxy) is 2. The van der Waals surface area contributed by atoms with Crippen molar-refractivity contribution in [1.82, 2.24) is 14.8 Å². The molecule has 3 aromatic rings. The maximum atomic E-state index is 11.6. The first kappa shape index (κ1) is 20.0. The zero-order valence-corrected chi connectivity index (χ0v) is 16.2. The summed E-state index contributed by atoms with van der Waals surface area (Å²) in [6, 6.07) is 10.3. The molecule has 0 saturated heterocycles. The van der Waals surface area contributed by atoms with Crippen molar-refractivity contribution in [1.29, 1.82) is 0 Å². The van der Waals surface area contributed by atoms with E-state index in [2.05, 4.69) is 10.2 Å². The highest BCUT2D eigenvalue weighted by atomic mass is 32.2. The molecule has 1 atom stereocenters. The van der Waals surface area contributed by atoms with Gasteiger partial charge in [0.2, 0.25) is 0 Å². The lowest BCUT2D eigenvalue weighted by molar-refractivity contribution is 0.0526. The summed E-state index contributed by atoms with van der Waals surface area (Å²) in [7, 11) is 0. The maximum Gasteiger partial charge on any atom is 0.338 e. The summed E-state index contributed by atoms with van der Waals surface area (Å²) < 4.78 is 17.7. The highest BCUT2D eigenvalue weighted by Gasteiger charge is 2.12. The fraction of sp³-hybridized carbons (Fsp3) is 0.316. The van der Waals surface area contributed by atoms with Crippen molar-refractivity contribution in [3.63, 3.8) is 0 Å². The van der Waals surface area contributed by atoms with E-state index >= 15 is 0 Å². The fourth-order valence-electron chi connectivity index (χ4n) is 2.35. The first-order chi connectivity index (χ1) is 13.7. The molecule has 0 amide bonds. The quantitative estimate of drug-likeness (QED) is 0.407. The van der Waals surface area contributed by atoms with Gasteiger partial charge in [0.25, 0.3) is 0 Å². The molecule has 3 rings (SSSR count). The van der Waals surface area contributed by atoms with Crippen LogP contribution in [0.4, 0.5) is 0 Å². The Balaban J connectivity index is 1.44. The number of esters is 1. The number of rotatable bonds is 10. The molecule has 0 aliphatic heterocycles. The Bertz CT molecular complexity index is 864. The second kappa shape index (κ2) is 9.95. The Kier molecular flexibility index (Phi) is 7.10. The first-order valence-electron chi connectivity index (χ1n) is 8.76. The number of nitrogens with zero attached hydrogens (tertiary/aromatic N) is 3. The third kappa shape index (κ3) is 5.61. The molecule has 1 unspecified atom stereocenters. The van der Waals surface area contributed by atoms with E-state index in [4.69, 9.17) is 13.9 Å². The SMILES string of the molecule is CCOC(=O)c1ccc(OCC(O)CSc2nncn2Cc2ccco2)cc1. The molecule has 0 saturated carbocycles. The number of benzene rings is 1. The van der Waals surface area contributed by atoms with Gasteiger partial charge in [-0.2, -0.15) is 0 Å². The molecule has 0 spiro atoms. The van der Waals surface area contributed by atoms with Crippen molar-refractivity contribution in [2.75, 3.05) is 19.0 Å². The highest BCUT2D eigenvalue weighted by Crippen LogP contribution is 2.19. The summed E-state index contributed by atoms with van der Waals surface area (Å²) in [4.78, 5) is 11.6. The van der Waals surface area contributed by atoms with E-state index in [-0.39, 0.29) is 12.6 Å². The third-order valence-electron chi connectivity index (χ3n) is 3.70. The topological polar surface area (TPSA) is 99.6 Å². The molecule has 0 fully saturated rings. The number of aliphatic hydroxyl groups is 1. The summed E-state index contributed by atoms with van der Waals surface area (Å²) in [6.45, 7) is 2.74. The molecule has 1 aromatic carbocycles. The average Bonchev–Trinajstić information content (AvgIpc) is 3.38. The van der Waals surface area contributed by atoms with Crippen molar-refractivity contribution >= 4 is 17.7 Å². The third-order valence-corrected chi connectivity index (χ3v) is 4.82. The van der Waals surface area contributed by atoms with E-state index in [1.807, 2.05) is 16.7 Å². The minimum Gasteiger partial charge on any atom is -0.491 e. The Morgan fingerprint density at radius 2 is 2.14 bits per heavy atom. The number of hydrogen-bond acceptors (Lipinski definition) is 8. The van der Waals surface area contributed by atoms with Gasteiger partial charge in [-0.1, -0.05) is 11.8 Å². The largest absolute Gasteiger partial charge is 0.491 e. The molecule has 2 heterocycles. The van der Waals surface area contributed by atoms with Crippen LogP contribution in [0.2, 0.25) is 0 Å². The predicted molar refractivity (Wildman–Crippen MR) is 102 cm³/mol. The van der Waals surface area contributed by atoms with E-state index < -0.39 is 6.10 Å². The summed E-state index contributed by atoms with van der Waals surface area (Å²) in [5.74, 6) is 1.40. The number of furan rings is 1. The number of thioether (sulfide) groups is 1. The van der Waals surface area contributed by atoms with Gasteiger partial charge >= 0.3 is 5.97 Å². The molecular formula is C19H21N3O5S. The lowest BCUT2D eigenvalue weighted by Gasteiger charge is -2.12. The van der Waals surface area contributed by atoms with Gasteiger partial charge in [0.05, 0.1) is 31.1 Å². The number of carbonyl (C=O) groups excluding carboxylic acids is 1. The zero-order valence-electron chi connectivity index (χ0n) is 15.4. The summed E-state index contributed by atoms with van der Waals surface area (Å²) in [6.07, 6.45) is 2.55. The van der Waals surface area contributed by atoms with Gasteiger partial charge in [0.1, 0.15) is 24.4 Å². The van der Waals surface area contributed by atoms with Gasteiger partial charge in [-0.3, -0.25) is 0 Å². The number of carbonyl (C=O) groups is 1. The molecule has 148 valence electrons. The molecule has 8 nitrogen and oxygen atoms in total. The molecule has 2 aromatic heterocycles. The number of aromatic nitrogens is 3. The van der Waals surface area contributed by atoms with Crippen LogP contribution < -0.4 is 4.74 Å². The molecule has 9 heteroatoms. The van der Waals surface area contributed by atoms with Gasteiger partial charge in [0, 0.05) is 5.75 Å². The summed E-state index contributed by atoms with van der Waals surface area (Å²) in [5.41, 5.74) is 0.459. The predicted octanol–water partition coefficient (Wildman–Crippen LogP) is 2.63. The Morgan fingerprint density at radius 3 is 2.86 bits per heavy atom. The standard InChI is InChI=1S/C19H21N3O5S/c1-2-25-18(24)14-5-7-16(8-6-14)27-11-15(23)12-28-19-21-20-13-22(19)10-17-4-3-9-26-17/h3-9,13,15,23H,2,10-12H2,1H3. The van der Waals surface area contributed by atoms with Crippen LogP contribution in [0.15, 0.2) is 58.6 Å². The summed E-state index contributed by atoms with van der Waals surface area (Å²) in [5, 5.41) is 18.8. The van der Waals surface area contributed by atoms with Crippen LogP contribution in [-0.4, -0.2) is 50.9 Å². The van der Waals surface area contributed by atoms with Gasteiger partial charge in [-0.25, -0.2) is 4.79 Å². The van der Waals surface area contributed by atoms with Crippen LogP contribution in [0.3, 0.4) is 0 Å². The van der Waals surface area contributed by atoms with E-state index in [0.29, 0.717) is 35.4 Å². The Hall–Kier alpha value is -2.78. The minimum absolute atomic E-state index is 0.123. The second-order valence-corrected chi connectivity index (χ2v) is 6.83. The van der Waals surface area contributed by atoms with E-state index in [9.17, 15) is 9.90 Å². The van der Waals surface area contributed by atoms with Crippen molar-refractivity contribution in [2.45, 2.75) is 24.7 Å². The Morgan fingerprint density at radius 1 is 1.32 bits per heavy atom. The molecular weight excluding hydrogens is 382 g/mol. The Labute approximate surface area is 166 Å². The van der Waals surface area contributed by atoms with Crippen molar-refractivity contribution in [3.8, 4) is 5.75 Å². The van der Waals surface area contributed by atoms with E-state index in [1.54, 1.807) is 43.8 Å². The van der Waals surface area contributed by atoms with E-state index in [0.717, 1.165) is 5.76 Å². The zero-order chi connectivity index (χ0) is 19.8. The van der Waals surface area contributed by atoms with Crippen molar-refractivity contribution in [3.05, 3.63) is 60.3 Å². The van der Waals surface area contributed by atoms with Crippen LogP contribution in [0.25, 0.3) is 0 Å². The lowest BCUT2D eigenvalue weighted by Crippen LogP contribution is -2.20. The van der Waals surface area contributed by atoms with Gasteiger partial charge in [-0.15, -0.1) is 10.2 Å². The minimum atomic E-state index is -0.691. The van der Waals surface area contributed by atoms with Crippen molar-refractivity contribution in [2.24, 2.45) is 0 Å². The monoisotopic (exact) mass is 403 g/mol. The molecule has 0 aliphatic carbocycles.